The average Bonchev–Trinajstić information content (AvgIpc) is 2.68. The van der Waals surface area contributed by atoms with Gasteiger partial charge in [0.25, 0.3) is 0 Å². The Bertz CT molecular complexity index is 476. The van der Waals surface area contributed by atoms with Gasteiger partial charge in [0.15, 0.2) is 0 Å². The summed E-state index contributed by atoms with van der Waals surface area (Å²) < 4.78 is 5.88. The van der Waals surface area contributed by atoms with Crippen molar-refractivity contribution in [1.29, 1.82) is 0 Å². The first-order valence-electron chi connectivity index (χ1n) is 8.34. The lowest BCUT2D eigenvalue weighted by molar-refractivity contribution is 0.0811. The summed E-state index contributed by atoms with van der Waals surface area (Å²) in [5.41, 5.74) is 7.82. The van der Waals surface area contributed by atoms with Gasteiger partial charge in [0.1, 0.15) is 12.4 Å². The van der Waals surface area contributed by atoms with Crippen LogP contribution in [0.2, 0.25) is 0 Å². The lowest BCUT2D eigenvalue weighted by Gasteiger charge is -2.42. The van der Waals surface area contributed by atoms with Gasteiger partial charge < -0.3 is 10.5 Å². The predicted molar refractivity (Wildman–Crippen MR) is 86.3 cm³/mol. The van der Waals surface area contributed by atoms with Gasteiger partial charge in [-0.1, -0.05) is 38.0 Å². The summed E-state index contributed by atoms with van der Waals surface area (Å²) in [6.07, 6.45) is 5.27. The molecule has 116 valence electrons. The van der Waals surface area contributed by atoms with E-state index in [2.05, 4.69) is 36.1 Å². The van der Waals surface area contributed by atoms with Crippen LogP contribution in [0.5, 0.6) is 5.75 Å². The van der Waals surface area contributed by atoms with E-state index in [-0.39, 0.29) is 0 Å². The predicted octanol–water partition coefficient (Wildman–Crippen LogP) is 3.04. The molecule has 1 aromatic rings. The normalized spacial score (nSPS) is 30.3. The van der Waals surface area contributed by atoms with Crippen molar-refractivity contribution >= 4 is 0 Å². The number of fused-ring (bicyclic) bond motifs is 1. The minimum Gasteiger partial charge on any atom is -0.492 e. The molecule has 3 heteroatoms. The number of nitrogens with zero attached hydrogens (tertiary/aromatic N) is 1. The molecule has 2 unspecified atom stereocenters. The first-order chi connectivity index (χ1) is 10.2. The number of hydrogen-bond donors (Lipinski definition) is 1. The lowest BCUT2D eigenvalue weighted by Crippen LogP contribution is -2.45. The van der Waals surface area contributed by atoms with Gasteiger partial charge in [0.05, 0.1) is 0 Å². The monoisotopic (exact) mass is 288 g/mol. The third-order valence-electron chi connectivity index (χ3n) is 5.21. The minimum absolute atomic E-state index is 0.316. The Balaban J connectivity index is 1.72. The molecule has 2 aliphatic rings. The number of benzene rings is 1. The molecule has 0 radical (unpaired) electrons. The summed E-state index contributed by atoms with van der Waals surface area (Å²) in [6.45, 7) is 7.09. The second kappa shape index (κ2) is 6.37. The smallest absolute Gasteiger partial charge is 0.123 e. The van der Waals surface area contributed by atoms with Crippen LogP contribution in [-0.2, 0) is 6.54 Å². The molecule has 0 saturated heterocycles. The molecule has 0 aromatic heterocycles. The van der Waals surface area contributed by atoms with Gasteiger partial charge in [-0.2, -0.15) is 0 Å². The Hall–Kier alpha value is -1.06. The van der Waals surface area contributed by atoms with Crippen molar-refractivity contribution in [3.8, 4) is 5.75 Å². The molecular formula is C18H28N2O. The van der Waals surface area contributed by atoms with Crippen molar-refractivity contribution in [2.45, 2.75) is 39.2 Å². The maximum absolute atomic E-state index is 6.19. The Kier molecular flexibility index (Phi) is 4.51. The van der Waals surface area contributed by atoms with E-state index >= 15 is 0 Å². The number of rotatable bonds is 3. The van der Waals surface area contributed by atoms with Gasteiger partial charge >= 0.3 is 0 Å². The van der Waals surface area contributed by atoms with Crippen molar-refractivity contribution in [3.63, 3.8) is 0 Å². The highest BCUT2D eigenvalue weighted by Gasteiger charge is 2.35. The molecule has 1 fully saturated rings. The van der Waals surface area contributed by atoms with E-state index in [1.807, 2.05) is 0 Å². The van der Waals surface area contributed by atoms with Crippen LogP contribution in [-0.4, -0.2) is 31.1 Å². The molecule has 2 atom stereocenters. The van der Waals surface area contributed by atoms with Crippen LogP contribution in [0.15, 0.2) is 24.3 Å². The topological polar surface area (TPSA) is 38.5 Å². The molecule has 0 amide bonds. The van der Waals surface area contributed by atoms with Gasteiger partial charge in [0, 0.05) is 25.2 Å². The van der Waals surface area contributed by atoms with Gasteiger partial charge in [-0.15, -0.1) is 0 Å². The number of ether oxygens (including phenoxy) is 1. The second-order valence-electron chi connectivity index (χ2n) is 7.07. The summed E-state index contributed by atoms with van der Waals surface area (Å²) >= 11 is 0. The number of hydrogen-bond acceptors (Lipinski definition) is 3. The summed E-state index contributed by atoms with van der Waals surface area (Å²) in [5, 5.41) is 0. The highest BCUT2D eigenvalue weighted by Crippen LogP contribution is 2.39. The van der Waals surface area contributed by atoms with Crippen LogP contribution in [0.25, 0.3) is 0 Å². The molecule has 1 aromatic carbocycles. The molecule has 2 N–H and O–H groups in total. The molecule has 1 aliphatic heterocycles. The summed E-state index contributed by atoms with van der Waals surface area (Å²) in [7, 11) is 0. The van der Waals surface area contributed by atoms with Crippen molar-refractivity contribution in [1.82, 2.24) is 4.90 Å². The average molecular weight is 288 g/mol. The molecule has 3 nitrogen and oxygen atoms in total. The van der Waals surface area contributed by atoms with Crippen molar-refractivity contribution in [2.24, 2.45) is 17.1 Å². The van der Waals surface area contributed by atoms with Crippen LogP contribution in [0.3, 0.4) is 0 Å². The summed E-state index contributed by atoms with van der Waals surface area (Å²) in [6, 6.07) is 8.43. The van der Waals surface area contributed by atoms with E-state index < -0.39 is 0 Å². The highest BCUT2D eigenvalue weighted by molar-refractivity contribution is 5.33. The van der Waals surface area contributed by atoms with Crippen molar-refractivity contribution in [2.75, 3.05) is 26.2 Å². The number of para-hydroxylation sites is 1. The van der Waals surface area contributed by atoms with E-state index in [1.165, 1.54) is 31.2 Å². The SMILES string of the molecule is CC1CCCC(CN)(CN2CCOc3ccccc3C2)C1. The van der Waals surface area contributed by atoms with Crippen LogP contribution in [0.4, 0.5) is 0 Å². The Morgan fingerprint density at radius 2 is 2.24 bits per heavy atom. The third-order valence-corrected chi connectivity index (χ3v) is 5.21. The molecule has 3 rings (SSSR count). The Morgan fingerprint density at radius 3 is 3.05 bits per heavy atom. The van der Waals surface area contributed by atoms with Crippen LogP contribution < -0.4 is 10.5 Å². The van der Waals surface area contributed by atoms with Crippen molar-refractivity contribution in [3.05, 3.63) is 29.8 Å². The van der Waals surface area contributed by atoms with Gasteiger partial charge in [-0.05, 0) is 36.8 Å². The molecule has 0 spiro atoms. The van der Waals surface area contributed by atoms with Gasteiger partial charge in [-0.25, -0.2) is 0 Å². The van der Waals surface area contributed by atoms with Crippen molar-refractivity contribution < 1.29 is 4.74 Å². The maximum Gasteiger partial charge on any atom is 0.123 e. The fourth-order valence-corrected chi connectivity index (χ4v) is 4.15. The van der Waals surface area contributed by atoms with E-state index in [9.17, 15) is 0 Å². The number of nitrogens with two attached hydrogens (primary N) is 1. The van der Waals surface area contributed by atoms with Crippen LogP contribution in [0, 0.1) is 11.3 Å². The van der Waals surface area contributed by atoms with E-state index in [4.69, 9.17) is 10.5 Å². The van der Waals surface area contributed by atoms with Gasteiger partial charge in [0.2, 0.25) is 0 Å². The third kappa shape index (κ3) is 3.41. The lowest BCUT2D eigenvalue weighted by atomic mass is 9.69. The molecule has 21 heavy (non-hydrogen) atoms. The quantitative estimate of drug-likeness (QED) is 0.929. The molecule has 1 heterocycles. The first-order valence-corrected chi connectivity index (χ1v) is 8.34. The molecular weight excluding hydrogens is 260 g/mol. The molecule has 0 bridgehead atoms. The largest absolute Gasteiger partial charge is 0.492 e. The van der Waals surface area contributed by atoms with Crippen LogP contribution in [0.1, 0.15) is 38.2 Å². The van der Waals surface area contributed by atoms with E-state index in [0.717, 1.165) is 44.5 Å². The standard InChI is InChI=1S/C18H28N2O/c1-15-5-4-8-18(11-15,13-19)14-20-9-10-21-17-7-3-2-6-16(17)12-20/h2-3,6-7,15H,4-5,8-14,19H2,1H3. The fraction of sp³-hybridized carbons (Fsp3) is 0.667. The maximum atomic E-state index is 6.19. The zero-order valence-corrected chi connectivity index (χ0v) is 13.2. The first kappa shape index (κ1) is 14.9. The fourth-order valence-electron chi connectivity index (χ4n) is 4.15. The molecule has 1 aliphatic carbocycles. The molecule has 1 saturated carbocycles. The van der Waals surface area contributed by atoms with Gasteiger partial charge in [-0.3, -0.25) is 4.90 Å². The van der Waals surface area contributed by atoms with Crippen LogP contribution >= 0.6 is 0 Å². The highest BCUT2D eigenvalue weighted by atomic mass is 16.5. The van der Waals surface area contributed by atoms with E-state index in [0.29, 0.717) is 5.41 Å². The Labute approximate surface area is 128 Å². The van der Waals surface area contributed by atoms with E-state index in [1.54, 1.807) is 0 Å². The Morgan fingerprint density at radius 1 is 1.38 bits per heavy atom. The minimum atomic E-state index is 0.316. The zero-order valence-electron chi connectivity index (χ0n) is 13.2. The zero-order chi connectivity index (χ0) is 14.7. The summed E-state index contributed by atoms with van der Waals surface area (Å²) in [4.78, 5) is 2.55. The summed E-state index contributed by atoms with van der Waals surface area (Å²) in [5.74, 6) is 1.87. The second-order valence-corrected chi connectivity index (χ2v) is 7.07.